The van der Waals surface area contributed by atoms with E-state index in [1.165, 1.54) is 6.07 Å². The summed E-state index contributed by atoms with van der Waals surface area (Å²) in [5.41, 5.74) is 7.42. The second-order valence-corrected chi connectivity index (χ2v) is 14.8. The van der Waals surface area contributed by atoms with Crippen LogP contribution in [0.25, 0.3) is 21.9 Å². The molecule has 9 rings (SSSR count). The topological polar surface area (TPSA) is 130 Å². The van der Waals surface area contributed by atoms with Crippen LogP contribution in [-0.4, -0.2) is 56.4 Å². The van der Waals surface area contributed by atoms with Gasteiger partial charge in [-0.05, 0) is 112 Å². The lowest BCUT2D eigenvalue weighted by molar-refractivity contribution is -0.0712. The van der Waals surface area contributed by atoms with Gasteiger partial charge in [-0.1, -0.05) is 12.1 Å². The lowest BCUT2D eigenvalue weighted by atomic mass is 9.88. The average Bonchev–Trinajstić information content (AvgIpc) is 3.81. The molecule has 0 saturated carbocycles. The molecular formula is C42H40FN7O4. The number of para-hydroxylation sites is 1. The second kappa shape index (κ2) is 13.3. The van der Waals surface area contributed by atoms with Crippen LogP contribution in [0, 0.1) is 31.0 Å². The largest absolute Gasteiger partial charge is 0.444 e. The zero-order valence-corrected chi connectivity index (χ0v) is 30.4. The van der Waals surface area contributed by atoms with Crippen molar-refractivity contribution in [1.82, 2.24) is 24.6 Å². The van der Waals surface area contributed by atoms with Crippen molar-refractivity contribution >= 4 is 33.5 Å². The SMILES string of the molecule is Cc1[nH]nc2c(C)cc(NC(=O)c3ccc4c(c3)nc(CN3CCC(c5cccc6c5OC(C)(c5ccc(C#N)cc5F)O6)CC3)n4CC3CCO3)cc12. The highest BCUT2D eigenvalue weighted by Crippen LogP contribution is 2.50. The number of aryl methyl sites for hydroxylation is 2. The Hall–Kier alpha value is -5.77. The van der Waals surface area contributed by atoms with Crippen molar-refractivity contribution in [3.8, 4) is 17.6 Å². The highest BCUT2D eigenvalue weighted by atomic mass is 19.1. The number of carbonyl (C=O) groups excluding carboxylic acids is 1. The monoisotopic (exact) mass is 725 g/mol. The second-order valence-electron chi connectivity index (χ2n) is 14.8. The number of nitrogens with one attached hydrogen (secondary N) is 2. The molecule has 274 valence electrons. The molecule has 12 heteroatoms. The highest BCUT2D eigenvalue weighted by Gasteiger charge is 2.43. The third kappa shape index (κ3) is 6.03. The van der Waals surface area contributed by atoms with Crippen molar-refractivity contribution in [2.24, 2.45) is 0 Å². The number of ether oxygens (including phenoxy) is 3. The van der Waals surface area contributed by atoms with E-state index >= 15 is 4.39 Å². The van der Waals surface area contributed by atoms with Crippen molar-refractivity contribution in [2.45, 2.75) is 70.9 Å². The van der Waals surface area contributed by atoms with E-state index in [2.05, 4.69) is 31.0 Å². The van der Waals surface area contributed by atoms with Gasteiger partial charge in [0.15, 0.2) is 11.5 Å². The first-order valence-electron chi connectivity index (χ1n) is 18.5. The van der Waals surface area contributed by atoms with Crippen LogP contribution in [0.4, 0.5) is 10.1 Å². The van der Waals surface area contributed by atoms with Gasteiger partial charge < -0.3 is 24.1 Å². The van der Waals surface area contributed by atoms with Gasteiger partial charge in [0.2, 0.25) is 0 Å². The normalized spacial score (nSPS) is 19.9. The molecule has 3 aliphatic heterocycles. The molecule has 2 saturated heterocycles. The number of aromatic nitrogens is 4. The summed E-state index contributed by atoms with van der Waals surface area (Å²) < 4.78 is 35.8. The van der Waals surface area contributed by atoms with Gasteiger partial charge in [-0.25, -0.2) is 9.37 Å². The number of hydrogen-bond acceptors (Lipinski definition) is 8. The maximum Gasteiger partial charge on any atom is 0.278 e. The highest BCUT2D eigenvalue weighted by molar-refractivity contribution is 6.07. The average molecular weight is 726 g/mol. The number of nitrogens with zero attached hydrogens (tertiary/aromatic N) is 5. The van der Waals surface area contributed by atoms with E-state index in [0.29, 0.717) is 30.2 Å². The first kappa shape index (κ1) is 34.0. The molecule has 0 bridgehead atoms. The van der Waals surface area contributed by atoms with E-state index in [1.54, 1.807) is 19.1 Å². The number of H-pyrrole nitrogens is 1. The number of carbonyl (C=O) groups is 1. The molecule has 6 aromatic rings. The summed E-state index contributed by atoms with van der Waals surface area (Å²) in [4.78, 5) is 21.0. The number of likely N-dealkylation sites (tertiary alicyclic amines) is 1. The molecule has 0 aliphatic carbocycles. The van der Waals surface area contributed by atoms with E-state index in [1.807, 2.05) is 62.4 Å². The van der Waals surface area contributed by atoms with Crippen molar-refractivity contribution in [3.63, 3.8) is 0 Å². The Labute approximate surface area is 311 Å². The minimum absolute atomic E-state index is 0.144. The molecule has 1 amide bonds. The van der Waals surface area contributed by atoms with Crippen molar-refractivity contribution < 1.29 is 23.4 Å². The molecule has 2 unspecified atom stereocenters. The number of aromatic amines is 1. The van der Waals surface area contributed by atoms with E-state index in [9.17, 15) is 10.1 Å². The van der Waals surface area contributed by atoms with E-state index < -0.39 is 11.6 Å². The number of benzene rings is 4. The number of fused-ring (bicyclic) bond motifs is 3. The quantitative estimate of drug-likeness (QED) is 0.164. The fourth-order valence-electron chi connectivity index (χ4n) is 8.10. The smallest absolute Gasteiger partial charge is 0.278 e. The number of anilines is 1. The third-order valence-electron chi connectivity index (χ3n) is 11.2. The minimum atomic E-state index is -1.34. The van der Waals surface area contributed by atoms with Crippen LogP contribution in [0.1, 0.15) is 76.2 Å². The predicted molar refractivity (Wildman–Crippen MR) is 201 cm³/mol. The summed E-state index contributed by atoms with van der Waals surface area (Å²) >= 11 is 0. The summed E-state index contributed by atoms with van der Waals surface area (Å²) in [6, 6.07) is 21.8. The number of piperidine rings is 1. The number of nitriles is 1. The van der Waals surface area contributed by atoms with Gasteiger partial charge in [-0.3, -0.25) is 14.8 Å². The maximum absolute atomic E-state index is 15.1. The van der Waals surface area contributed by atoms with Crippen LogP contribution in [0.3, 0.4) is 0 Å². The Morgan fingerprint density at radius 3 is 2.67 bits per heavy atom. The van der Waals surface area contributed by atoms with E-state index in [-0.39, 0.29) is 29.1 Å². The standard InChI is InChI=1S/C42H40FN7O4/c1-24-17-29(20-32-25(2)47-48-39(24)32)45-41(51)28-8-10-36-35(19-28)46-38(50(36)22-30-13-16-52-30)23-49-14-11-27(12-15-49)31-5-4-6-37-40(31)54-42(3,53-37)33-9-7-26(21-44)18-34(33)43/h4-10,17-20,27,30H,11-16,22-23H2,1-3H3,(H,45,51)(H,47,48). The molecule has 54 heavy (non-hydrogen) atoms. The molecule has 2 atom stereocenters. The molecule has 4 aromatic carbocycles. The molecule has 0 spiro atoms. The van der Waals surface area contributed by atoms with Gasteiger partial charge in [-0.2, -0.15) is 10.4 Å². The summed E-state index contributed by atoms with van der Waals surface area (Å²) in [6.07, 6.45) is 2.96. The molecule has 2 fully saturated rings. The zero-order valence-electron chi connectivity index (χ0n) is 30.4. The Kier molecular flexibility index (Phi) is 8.36. The minimum Gasteiger partial charge on any atom is -0.444 e. The van der Waals surface area contributed by atoms with Crippen molar-refractivity contribution in [2.75, 3.05) is 25.0 Å². The molecular weight excluding hydrogens is 686 g/mol. The van der Waals surface area contributed by atoms with Gasteiger partial charge in [0, 0.05) is 41.4 Å². The first-order chi connectivity index (χ1) is 26.2. The molecule has 3 aliphatic rings. The Morgan fingerprint density at radius 1 is 1.07 bits per heavy atom. The molecule has 2 aromatic heterocycles. The van der Waals surface area contributed by atoms with Gasteiger partial charge in [0.25, 0.3) is 11.7 Å². The fourth-order valence-corrected chi connectivity index (χ4v) is 8.10. The summed E-state index contributed by atoms with van der Waals surface area (Å²) in [7, 11) is 0. The lowest BCUT2D eigenvalue weighted by Gasteiger charge is -2.33. The molecule has 11 nitrogen and oxygen atoms in total. The van der Waals surface area contributed by atoms with Crippen LogP contribution >= 0.6 is 0 Å². The molecule has 0 radical (unpaired) electrons. The summed E-state index contributed by atoms with van der Waals surface area (Å²) in [6.45, 7) is 9.53. The number of rotatable bonds is 8. The van der Waals surface area contributed by atoms with Crippen LogP contribution in [0.5, 0.6) is 11.5 Å². The summed E-state index contributed by atoms with van der Waals surface area (Å²) in [5, 5.41) is 20.7. The maximum atomic E-state index is 15.1. The lowest BCUT2D eigenvalue weighted by Crippen LogP contribution is -2.35. The van der Waals surface area contributed by atoms with Crippen molar-refractivity contribution in [3.05, 3.63) is 112 Å². The number of imidazole rings is 1. The Morgan fingerprint density at radius 2 is 1.91 bits per heavy atom. The van der Waals surface area contributed by atoms with E-state index in [4.69, 9.17) is 19.2 Å². The Balaban J connectivity index is 0.912. The van der Waals surface area contributed by atoms with Crippen molar-refractivity contribution in [1.29, 1.82) is 5.26 Å². The zero-order chi connectivity index (χ0) is 37.1. The summed E-state index contributed by atoms with van der Waals surface area (Å²) in [5.74, 6) is 0.350. The van der Waals surface area contributed by atoms with E-state index in [0.717, 1.165) is 89.2 Å². The Bertz CT molecular complexity index is 2490. The van der Waals surface area contributed by atoms with Crippen LogP contribution < -0.4 is 14.8 Å². The van der Waals surface area contributed by atoms with Gasteiger partial charge in [-0.15, -0.1) is 0 Å². The van der Waals surface area contributed by atoms with Gasteiger partial charge in [0.1, 0.15) is 11.6 Å². The predicted octanol–water partition coefficient (Wildman–Crippen LogP) is 7.61. The number of amides is 1. The van der Waals surface area contributed by atoms with Gasteiger partial charge >= 0.3 is 0 Å². The number of halogens is 1. The fraction of sp³-hybridized carbons (Fsp3) is 0.333. The van der Waals surface area contributed by atoms with Crippen LogP contribution in [0.2, 0.25) is 0 Å². The van der Waals surface area contributed by atoms with Gasteiger partial charge in [0.05, 0.1) is 52.9 Å². The van der Waals surface area contributed by atoms with Crippen LogP contribution in [-0.2, 0) is 23.6 Å². The number of hydrogen-bond donors (Lipinski definition) is 2. The molecule has 5 heterocycles. The molecule has 2 N–H and O–H groups in total. The van der Waals surface area contributed by atoms with Crippen LogP contribution in [0.15, 0.2) is 66.7 Å². The first-order valence-corrected chi connectivity index (χ1v) is 18.5. The third-order valence-corrected chi connectivity index (χ3v) is 11.2.